The van der Waals surface area contributed by atoms with E-state index < -0.39 is 71.5 Å². The number of urea groups is 1. The summed E-state index contributed by atoms with van der Waals surface area (Å²) in [6, 6.07) is -0.791. The minimum absolute atomic E-state index is 0.0983. The number of alkyl halides is 9. The topological polar surface area (TPSA) is 85.1 Å². The lowest BCUT2D eigenvalue weighted by atomic mass is 9.88. The van der Waals surface area contributed by atoms with Crippen LogP contribution in [0.25, 0.3) is 0 Å². The van der Waals surface area contributed by atoms with Crippen molar-refractivity contribution in [2.24, 2.45) is 5.73 Å². The molecule has 1 aliphatic heterocycles. The van der Waals surface area contributed by atoms with Crippen molar-refractivity contribution >= 4 is 17.8 Å². The maximum absolute atomic E-state index is 13.6. The Morgan fingerprint density at radius 1 is 0.927 bits per heavy atom. The first-order chi connectivity index (χ1) is 18.9. The van der Waals surface area contributed by atoms with E-state index in [0.717, 1.165) is 11.0 Å². The molecule has 2 N–H and O–H groups in total. The van der Waals surface area contributed by atoms with Crippen molar-refractivity contribution in [1.82, 2.24) is 4.90 Å². The summed E-state index contributed by atoms with van der Waals surface area (Å²) < 4.78 is 132. The highest BCUT2D eigenvalue weighted by atomic mass is 19.4. The van der Waals surface area contributed by atoms with Gasteiger partial charge in [0, 0.05) is 13.7 Å². The van der Waals surface area contributed by atoms with Gasteiger partial charge in [-0.05, 0) is 60.9 Å². The van der Waals surface area contributed by atoms with Gasteiger partial charge in [-0.25, -0.2) is 9.59 Å². The summed E-state index contributed by atoms with van der Waals surface area (Å²) >= 11 is 0. The first-order valence-corrected chi connectivity index (χ1v) is 11.9. The number of carbonyl (C=O) groups is 2. The van der Waals surface area contributed by atoms with Crippen molar-refractivity contribution < 1.29 is 58.6 Å². The molecule has 7 nitrogen and oxygen atoms in total. The minimum atomic E-state index is -5.18. The third-order valence-corrected chi connectivity index (χ3v) is 6.32. The Morgan fingerprint density at radius 2 is 1.49 bits per heavy atom. The molecule has 2 unspecified atom stereocenters. The number of hydrogen-bond donors (Lipinski definition) is 1. The molecule has 0 aromatic heterocycles. The SMILES string of the molecule is CCOC(=O)N1c2ccc(C(F)(F)F)cc2C(N(Cc2cc(C(F)(F)F)cc(C(F)(F)F)c2)C(N)=O)CC1COC. The Balaban J connectivity index is 2.21. The number of ether oxygens (including phenoxy) is 2. The molecule has 0 saturated heterocycles. The molecule has 1 heterocycles. The molecule has 0 radical (unpaired) electrons. The Hall–Kier alpha value is -3.69. The van der Waals surface area contributed by atoms with E-state index in [2.05, 4.69) is 0 Å². The third-order valence-electron chi connectivity index (χ3n) is 6.32. The molecule has 0 spiro atoms. The first-order valence-electron chi connectivity index (χ1n) is 11.9. The maximum atomic E-state index is 13.6. The average molecular weight is 601 g/mol. The predicted octanol–water partition coefficient (Wildman–Crippen LogP) is 6.75. The lowest BCUT2D eigenvalue weighted by molar-refractivity contribution is -0.143. The zero-order chi connectivity index (χ0) is 30.9. The number of amides is 3. The zero-order valence-electron chi connectivity index (χ0n) is 21.5. The molecule has 3 amide bonds. The highest BCUT2D eigenvalue weighted by Gasteiger charge is 2.43. The predicted molar refractivity (Wildman–Crippen MR) is 126 cm³/mol. The fourth-order valence-corrected chi connectivity index (χ4v) is 4.62. The molecule has 0 saturated carbocycles. The number of benzene rings is 2. The quantitative estimate of drug-likeness (QED) is 0.372. The molecule has 1 aliphatic rings. The number of hydrogen-bond acceptors (Lipinski definition) is 4. The number of anilines is 1. The molecule has 0 aliphatic carbocycles. The number of fused-ring (bicyclic) bond motifs is 1. The van der Waals surface area contributed by atoms with Gasteiger partial charge in [0.15, 0.2) is 0 Å². The van der Waals surface area contributed by atoms with Crippen molar-refractivity contribution in [2.45, 2.75) is 50.5 Å². The van der Waals surface area contributed by atoms with E-state index in [1.165, 1.54) is 14.0 Å². The number of nitrogens with zero attached hydrogens (tertiary/aromatic N) is 2. The summed E-state index contributed by atoms with van der Waals surface area (Å²) in [5.74, 6) is 0. The average Bonchev–Trinajstić information content (AvgIpc) is 2.85. The van der Waals surface area contributed by atoms with Gasteiger partial charge >= 0.3 is 30.7 Å². The molecule has 16 heteroatoms. The van der Waals surface area contributed by atoms with Gasteiger partial charge < -0.3 is 20.1 Å². The fourth-order valence-electron chi connectivity index (χ4n) is 4.62. The van der Waals surface area contributed by atoms with Crippen LogP contribution in [0.3, 0.4) is 0 Å². The van der Waals surface area contributed by atoms with Crippen LogP contribution in [-0.4, -0.2) is 43.4 Å². The van der Waals surface area contributed by atoms with Crippen LogP contribution < -0.4 is 10.6 Å². The highest BCUT2D eigenvalue weighted by Crippen LogP contribution is 2.45. The summed E-state index contributed by atoms with van der Waals surface area (Å²) in [7, 11) is 1.26. The zero-order valence-corrected chi connectivity index (χ0v) is 21.5. The Kier molecular flexibility index (Phi) is 9.05. The summed E-state index contributed by atoms with van der Waals surface area (Å²) in [5.41, 5.74) is -0.0397. The van der Waals surface area contributed by atoms with Crippen molar-refractivity contribution in [3.63, 3.8) is 0 Å². The van der Waals surface area contributed by atoms with Gasteiger partial charge in [-0.15, -0.1) is 0 Å². The molecule has 41 heavy (non-hydrogen) atoms. The van der Waals surface area contributed by atoms with Crippen LogP contribution in [0.1, 0.15) is 47.2 Å². The molecule has 0 bridgehead atoms. The van der Waals surface area contributed by atoms with Crippen molar-refractivity contribution in [3.05, 3.63) is 64.2 Å². The third kappa shape index (κ3) is 7.15. The largest absolute Gasteiger partial charge is 0.449 e. The molecule has 2 aromatic carbocycles. The van der Waals surface area contributed by atoms with E-state index in [4.69, 9.17) is 15.2 Å². The van der Waals surface area contributed by atoms with Gasteiger partial charge in [0.05, 0.1) is 47.7 Å². The van der Waals surface area contributed by atoms with Gasteiger partial charge in [0.1, 0.15) is 0 Å². The summed E-state index contributed by atoms with van der Waals surface area (Å²) in [6.45, 7) is 0.244. The van der Waals surface area contributed by atoms with Crippen LogP contribution in [0.15, 0.2) is 36.4 Å². The second kappa shape index (κ2) is 11.7. The van der Waals surface area contributed by atoms with E-state index in [0.29, 0.717) is 29.2 Å². The van der Waals surface area contributed by atoms with Gasteiger partial charge in [0.2, 0.25) is 0 Å². The van der Waals surface area contributed by atoms with Gasteiger partial charge in [-0.2, -0.15) is 39.5 Å². The Labute approximate surface area is 227 Å². The van der Waals surface area contributed by atoms with E-state index in [9.17, 15) is 49.1 Å². The smallest absolute Gasteiger partial charge is 0.416 e. The molecular formula is C25H24F9N3O4. The Morgan fingerprint density at radius 3 is 1.95 bits per heavy atom. The minimum Gasteiger partial charge on any atom is -0.449 e. The second-order valence-corrected chi connectivity index (χ2v) is 9.08. The van der Waals surface area contributed by atoms with E-state index in [1.807, 2.05) is 0 Å². The molecule has 2 aromatic rings. The van der Waals surface area contributed by atoms with Gasteiger partial charge in [-0.1, -0.05) is 0 Å². The summed E-state index contributed by atoms with van der Waals surface area (Å²) in [6.07, 6.45) is -16.5. The molecule has 0 fully saturated rings. The summed E-state index contributed by atoms with van der Waals surface area (Å²) in [5, 5.41) is 0. The van der Waals surface area contributed by atoms with Crippen molar-refractivity contribution in [3.8, 4) is 0 Å². The number of halogens is 9. The summed E-state index contributed by atoms with van der Waals surface area (Å²) in [4.78, 5) is 27.1. The lowest BCUT2D eigenvalue weighted by Crippen LogP contribution is -2.51. The van der Waals surface area contributed by atoms with Crippen LogP contribution in [0, 0.1) is 0 Å². The highest BCUT2D eigenvalue weighted by molar-refractivity contribution is 5.90. The van der Waals surface area contributed by atoms with Crippen molar-refractivity contribution in [1.29, 1.82) is 0 Å². The lowest BCUT2D eigenvalue weighted by Gasteiger charge is -2.43. The Bertz CT molecular complexity index is 1250. The number of primary amides is 1. The van der Waals surface area contributed by atoms with Crippen LogP contribution >= 0.6 is 0 Å². The molecule has 2 atom stereocenters. The number of carbonyl (C=O) groups excluding carboxylic acids is 2. The van der Waals surface area contributed by atoms with Crippen LogP contribution in [0.5, 0.6) is 0 Å². The number of nitrogens with two attached hydrogens (primary N) is 1. The first kappa shape index (κ1) is 31.8. The van der Waals surface area contributed by atoms with E-state index in [-0.39, 0.29) is 37.0 Å². The van der Waals surface area contributed by atoms with E-state index >= 15 is 0 Å². The molecule has 226 valence electrons. The molecular weight excluding hydrogens is 577 g/mol. The van der Waals surface area contributed by atoms with E-state index in [1.54, 1.807) is 0 Å². The van der Waals surface area contributed by atoms with Gasteiger partial charge in [-0.3, -0.25) is 4.90 Å². The van der Waals surface area contributed by atoms with Crippen LogP contribution in [0.2, 0.25) is 0 Å². The standard InChI is InChI=1S/C25H24F9N3O4/c1-3-41-22(39)37-17(12-40-2)10-20(18-9-14(23(26,27)28)4-5-19(18)37)36(21(35)38)11-13-6-15(24(29,30)31)8-16(7-13)25(32,33)34/h4-9,17,20H,3,10-12H2,1-2H3,(H2,35,38). The van der Waals surface area contributed by atoms with Crippen LogP contribution in [0.4, 0.5) is 54.8 Å². The normalized spacial score (nSPS) is 17.7. The maximum Gasteiger partial charge on any atom is 0.416 e. The number of methoxy groups -OCH3 is 1. The molecule has 3 rings (SSSR count). The fraction of sp³-hybridized carbons (Fsp3) is 0.440. The van der Waals surface area contributed by atoms with Crippen LogP contribution in [-0.2, 0) is 34.5 Å². The second-order valence-electron chi connectivity index (χ2n) is 9.08. The van der Waals surface area contributed by atoms with Gasteiger partial charge in [0.25, 0.3) is 0 Å². The monoisotopic (exact) mass is 601 g/mol. The van der Waals surface area contributed by atoms with Crippen molar-refractivity contribution in [2.75, 3.05) is 25.2 Å². The number of rotatable bonds is 6.